The monoisotopic (exact) mass is 267 g/mol. The Kier molecular flexibility index (Phi) is 2.32. The molecule has 2 rings (SSSR count). The minimum Gasteiger partial charge on any atom is -0.477 e. The molecule has 76 valence electrons. The van der Waals surface area contributed by atoms with Crippen molar-refractivity contribution in [1.29, 1.82) is 0 Å². The third-order valence-electron chi connectivity index (χ3n) is 2.06. The molecule has 0 unspecified atom stereocenters. The molecule has 0 spiro atoms. The zero-order valence-corrected chi connectivity index (χ0v) is 9.04. The first kappa shape index (κ1) is 9.92. The summed E-state index contributed by atoms with van der Waals surface area (Å²) in [5.74, 6) is -1.23. The van der Waals surface area contributed by atoms with Crippen LogP contribution in [0.4, 0.5) is 0 Å². The van der Waals surface area contributed by atoms with Crippen LogP contribution in [0.2, 0.25) is 0 Å². The van der Waals surface area contributed by atoms with Gasteiger partial charge < -0.3 is 10.1 Å². The van der Waals surface area contributed by atoms with Gasteiger partial charge in [-0.15, -0.1) is 0 Å². The summed E-state index contributed by atoms with van der Waals surface area (Å²) < 4.78 is 0.749. The lowest BCUT2D eigenvalue weighted by atomic mass is 10.1. The first-order valence-electron chi connectivity index (χ1n) is 4.14. The van der Waals surface area contributed by atoms with E-state index in [4.69, 9.17) is 5.11 Å². The number of carboxylic acid groups (broad SMARTS) is 1. The molecule has 0 bridgehead atoms. The quantitative estimate of drug-likeness (QED) is 0.830. The number of fused-ring (bicyclic) bond motifs is 1. The first-order chi connectivity index (χ1) is 7.09. The minimum absolute atomic E-state index is 0.255. The lowest BCUT2D eigenvalue weighted by Crippen LogP contribution is -2.16. The summed E-state index contributed by atoms with van der Waals surface area (Å²) in [7, 11) is 0. The van der Waals surface area contributed by atoms with Gasteiger partial charge in [-0.2, -0.15) is 0 Å². The van der Waals surface area contributed by atoms with Gasteiger partial charge in [0.05, 0.1) is 0 Å². The maximum Gasteiger partial charge on any atom is 0.341 e. The van der Waals surface area contributed by atoms with E-state index in [1.807, 2.05) is 0 Å². The van der Waals surface area contributed by atoms with Crippen molar-refractivity contribution in [2.45, 2.75) is 0 Å². The number of H-pyrrole nitrogens is 1. The average Bonchev–Trinajstić information content (AvgIpc) is 2.16. The number of hydrogen-bond acceptors (Lipinski definition) is 2. The number of halogens is 1. The van der Waals surface area contributed by atoms with Gasteiger partial charge >= 0.3 is 5.97 Å². The van der Waals surface area contributed by atoms with E-state index < -0.39 is 11.5 Å². The predicted molar refractivity (Wildman–Crippen MR) is 59.2 cm³/mol. The molecule has 15 heavy (non-hydrogen) atoms. The number of hydrogen-bond donors (Lipinski definition) is 2. The van der Waals surface area contributed by atoms with Crippen molar-refractivity contribution < 1.29 is 9.90 Å². The Bertz CT molecular complexity index is 603. The smallest absolute Gasteiger partial charge is 0.341 e. The lowest BCUT2D eigenvalue weighted by Gasteiger charge is -2.01. The molecule has 5 heteroatoms. The number of rotatable bonds is 1. The molecule has 1 heterocycles. The molecule has 0 saturated heterocycles. The van der Waals surface area contributed by atoms with Crippen molar-refractivity contribution in [2.75, 3.05) is 0 Å². The Morgan fingerprint density at radius 2 is 2.13 bits per heavy atom. The molecule has 2 N–H and O–H groups in total. The van der Waals surface area contributed by atoms with E-state index in [2.05, 4.69) is 20.9 Å². The molecule has 1 aromatic carbocycles. The van der Waals surface area contributed by atoms with Crippen LogP contribution in [0.5, 0.6) is 0 Å². The third-order valence-corrected chi connectivity index (χ3v) is 2.76. The van der Waals surface area contributed by atoms with Gasteiger partial charge in [0.1, 0.15) is 5.56 Å². The van der Waals surface area contributed by atoms with Gasteiger partial charge in [0, 0.05) is 15.4 Å². The number of aromatic nitrogens is 1. The van der Waals surface area contributed by atoms with E-state index in [9.17, 15) is 9.59 Å². The fourth-order valence-corrected chi connectivity index (χ4v) is 1.83. The molecule has 4 nitrogen and oxygen atoms in total. The summed E-state index contributed by atoms with van der Waals surface area (Å²) in [5, 5.41) is 9.46. The largest absolute Gasteiger partial charge is 0.477 e. The summed E-state index contributed by atoms with van der Waals surface area (Å²) in [6.07, 6.45) is 0. The normalized spacial score (nSPS) is 10.5. The summed E-state index contributed by atoms with van der Waals surface area (Å²) >= 11 is 3.29. The standard InChI is InChI=1S/C10H6BrNO3/c11-7-2-1-3-8-5(7)4-6(10(14)15)9(13)12-8/h1-4H,(H,12,13)(H,14,15). The molecular weight excluding hydrogens is 262 g/mol. The van der Waals surface area contributed by atoms with E-state index in [0.717, 1.165) is 4.47 Å². The number of carbonyl (C=O) groups is 1. The summed E-state index contributed by atoms with van der Waals surface area (Å²) in [6, 6.07) is 6.63. The van der Waals surface area contributed by atoms with Crippen molar-refractivity contribution in [3.05, 3.63) is 44.7 Å². The van der Waals surface area contributed by atoms with Crippen LogP contribution in [0, 0.1) is 0 Å². The lowest BCUT2D eigenvalue weighted by molar-refractivity contribution is 0.0695. The second-order valence-electron chi connectivity index (χ2n) is 3.02. The van der Waals surface area contributed by atoms with Crippen molar-refractivity contribution >= 4 is 32.8 Å². The molecule has 0 fully saturated rings. The second-order valence-corrected chi connectivity index (χ2v) is 3.87. The minimum atomic E-state index is -1.23. The number of benzene rings is 1. The van der Waals surface area contributed by atoms with E-state index >= 15 is 0 Å². The fraction of sp³-hybridized carbons (Fsp3) is 0. The molecule has 1 aromatic heterocycles. The Hall–Kier alpha value is -1.62. The maximum absolute atomic E-state index is 11.3. The highest BCUT2D eigenvalue weighted by molar-refractivity contribution is 9.10. The summed E-state index contributed by atoms with van der Waals surface area (Å²) in [5.41, 5.74) is -0.234. The van der Waals surface area contributed by atoms with Crippen LogP contribution in [0.3, 0.4) is 0 Å². The van der Waals surface area contributed by atoms with Crippen LogP contribution in [0.25, 0.3) is 10.9 Å². The van der Waals surface area contributed by atoms with Crippen molar-refractivity contribution in [2.24, 2.45) is 0 Å². The van der Waals surface area contributed by atoms with Crippen LogP contribution in [-0.4, -0.2) is 16.1 Å². The zero-order valence-electron chi connectivity index (χ0n) is 7.45. The highest BCUT2D eigenvalue weighted by Gasteiger charge is 2.10. The van der Waals surface area contributed by atoms with E-state index in [-0.39, 0.29) is 5.56 Å². The summed E-state index contributed by atoms with van der Waals surface area (Å²) in [4.78, 5) is 24.6. The highest BCUT2D eigenvalue weighted by Crippen LogP contribution is 2.21. The zero-order chi connectivity index (χ0) is 11.0. The van der Waals surface area contributed by atoms with E-state index in [1.165, 1.54) is 6.07 Å². The van der Waals surface area contributed by atoms with Gasteiger partial charge in [0.25, 0.3) is 5.56 Å². The van der Waals surface area contributed by atoms with Gasteiger partial charge in [0.2, 0.25) is 0 Å². The Morgan fingerprint density at radius 3 is 2.80 bits per heavy atom. The van der Waals surface area contributed by atoms with Crippen molar-refractivity contribution in [3.8, 4) is 0 Å². The molecule has 0 aliphatic rings. The molecule has 0 amide bonds. The molecule has 0 saturated carbocycles. The van der Waals surface area contributed by atoms with Gasteiger partial charge in [-0.25, -0.2) is 4.79 Å². The average molecular weight is 268 g/mol. The topological polar surface area (TPSA) is 70.2 Å². The highest BCUT2D eigenvalue weighted by atomic mass is 79.9. The van der Waals surface area contributed by atoms with Crippen molar-refractivity contribution in [3.63, 3.8) is 0 Å². The number of aromatic amines is 1. The Morgan fingerprint density at radius 1 is 1.40 bits per heavy atom. The van der Waals surface area contributed by atoms with E-state index in [0.29, 0.717) is 10.9 Å². The number of carboxylic acids is 1. The number of pyridine rings is 1. The molecular formula is C10H6BrNO3. The van der Waals surface area contributed by atoms with Gasteiger partial charge in [0.15, 0.2) is 0 Å². The Balaban J connectivity index is 2.90. The van der Waals surface area contributed by atoms with Crippen molar-refractivity contribution in [1.82, 2.24) is 4.98 Å². The second kappa shape index (κ2) is 3.51. The van der Waals surface area contributed by atoms with E-state index in [1.54, 1.807) is 18.2 Å². The predicted octanol–water partition coefficient (Wildman–Crippen LogP) is 1.99. The van der Waals surface area contributed by atoms with Gasteiger partial charge in [-0.1, -0.05) is 22.0 Å². The first-order valence-corrected chi connectivity index (χ1v) is 4.94. The molecule has 0 aliphatic carbocycles. The van der Waals surface area contributed by atoms with Gasteiger partial charge in [-0.05, 0) is 18.2 Å². The van der Waals surface area contributed by atoms with Crippen LogP contribution < -0.4 is 5.56 Å². The van der Waals surface area contributed by atoms with Crippen LogP contribution in [-0.2, 0) is 0 Å². The number of nitrogens with one attached hydrogen (secondary N) is 1. The Labute approximate surface area is 92.7 Å². The molecule has 0 atom stereocenters. The van der Waals surface area contributed by atoms with Crippen LogP contribution in [0.1, 0.15) is 10.4 Å². The van der Waals surface area contributed by atoms with Crippen LogP contribution >= 0.6 is 15.9 Å². The third kappa shape index (κ3) is 1.66. The van der Waals surface area contributed by atoms with Crippen LogP contribution in [0.15, 0.2) is 33.5 Å². The van der Waals surface area contributed by atoms with Gasteiger partial charge in [-0.3, -0.25) is 4.79 Å². The number of aromatic carboxylic acids is 1. The molecule has 2 aromatic rings. The maximum atomic E-state index is 11.3. The SMILES string of the molecule is O=C(O)c1cc2c(Br)cccc2[nH]c1=O. The fourth-order valence-electron chi connectivity index (χ4n) is 1.35. The molecule has 0 aliphatic heterocycles. The summed E-state index contributed by atoms with van der Waals surface area (Å²) in [6.45, 7) is 0. The molecule has 0 radical (unpaired) electrons.